The van der Waals surface area contributed by atoms with E-state index in [2.05, 4.69) is 5.32 Å². The van der Waals surface area contributed by atoms with E-state index in [0.29, 0.717) is 31.6 Å². The molecule has 5 nitrogen and oxygen atoms in total. The largest absolute Gasteiger partial charge is 0.356 e. The second-order valence-corrected chi connectivity index (χ2v) is 8.04. The van der Waals surface area contributed by atoms with E-state index in [1.165, 1.54) is 4.31 Å². The Hall–Kier alpha value is -2.34. The fourth-order valence-corrected chi connectivity index (χ4v) is 4.09. The molecule has 0 spiro atoms. The summed E-state index contributed by atoms with van der Waals surface area (Å²) in [5, 5.41) is 2.83. The molecule has 0 saturated heterocycles. The molecule has 6 heteroatoms. The summed E-state index contributed by atoms with van der Waals surface area (Å²) in [6.45, 7) is 4.62. The fourth-order valence-electron chi connectivity index (χ4n) is 2.59. The number of nitrogens with one attached hydrogen (secondary N) is 1. The maximum atomic E-state index is 13.1. The molecule has 2 aromatic carbocycles. The standard InChI is InChI=1S/C20H26N2O3S/c1-3-8-20(23)21-15-7-16-22(18-9-5-4-6-10-18)26(24,25)19-13-11-17(2)12-14-19/h4-6,9-14H,3,7-8,15-16H2,1-2H3,(H,21,23). The minimum atomic E-state index is -3.66. The third-order valence-corrected chi connectivity index (χ3v) is 5.83. The highest BCUT2D eigenvalue weighted by Crippen LogP contribution is 2.24. The molecule has 26 heavy (non-hydrogen) atoms. The average molecular weight is 375 g/mol. The number of sulfonamides is 1. The van der Waals surface area contributed by atoms with Crippen molar-refractivity contribution in [3.05, 3.63) is 60.2 Å². The first-order valence-corrected chi connectivity index (χ1v) is 10.3. The molecule has 0 bridgehead atoms. The van der Waals surface area contributed by atoms with Crippen LogP contribution in [0, 0.1) is 6.92 Å². The summed E-state index contributed by atoms with van der Waals surface area (Å²) in [7, 11) is -3.66. The second-order valence-electron chi connectivity index (χ2n) is 6.18. The van der Waals surface area contributed by atoms with Gasteiger partial charge in [-0.05, 0) is 44.0 Å². The molecule has 0 aliphatic heterocycles. The van der Waals surface area contributed by atoms with Crippen LogP contribution in [0.15, 0.2) is 59.5 Å². The molecular formula is C20H26N2O3S. The summed E-state index contributed by atoms with van der Waals surface area (Å²) in [5.41, 5.74) is 1.63. The zero-order chi connectivity index (χ0) is 19.0. The van der Waals surface area contributed by atoms with Gasteiger partial charge < -0.3 is 5.32 Å². The fraction of sp³-hybridized carbons (Fsp3) is 0.350. The summed E-state index contributed by atoms with van der Waals surface area (Å²) in [6, 6.07) is 15.9. The summed E-state index contributed by atoms with van der Waals surface area (Å²) < 4.78 is 27.6. The van der Waals surface area contributed by atoms with Crippen LogP contribution in [0.2, 0.25) is 0 Å². The normalized spacial score (nSPS) is 11.2. The minimum Gasteiger partial charge on any atom is -0.356 e. The lowest BCUT2D eigenvalue weighted by atomic mass is 10.2. The predicted molar refractivity (Wildman–Crippen MR) is 105 cm³/mol. The summed E-state index contributed by atoms with van der Waals surface area (Å²) in [6.07, 6.45) is 1.82. The van der Waals surface area contributed by atoms with E-state index >= 15 is 0 Å². The summed E-state index contributed by atoms with van der Waals surface area (Å²) in [4.78, 5) is 11.8. The lowest BCUT2D eigenvalue weighted by Gasteiger charge is -2.24. The first kappa shape index (κ1) is 20.0. The Bertz CT molecular complexity index is 803. The molecule has 0 unspecified atom stereocenters. The molecule has 2 aromatic rings. The number of benzene rings is 2. The molecule has 0 saturated carbocycles. The van der Waals surface area contributed by atoms with E-state index in [-0.39, 0.29) is 10.8 Å². The Kier molecular flexibility index (Phi) is 7.21. The maximum Gasteiger partial charge on any atom is 0.264 e. The lowest BCUT2D eigenvalue weighted by Crippen LogP contribution is -2.34. The Morgan fingerprint density at radius 2 is 1.69 bits per heavy atom. The number of amides is 1. The molecule has 2 rings (SSSR count). The summed E-state index contributed by atoms with van der Waals surface area (Å²) >= 11 is 0. The van der Waals surface area contributed by atoms with Crippen molar-refractivity contribution in [3.8, 4) is 0 Å². The zero-order valence-corrected chi connectivity index (χ0v) is 16.1. The van der Waals surface area contributed by atoms with Crippen molar-refractivity contribution in [1.29, 1.82) is 0 Å². The van der Waals surface area contributed by atoms with E-state index in [1.807, 2.05) is 32.0 Å². The number of para-hydroxylation sites is 1. The van der Waals surface area contributed by atoms with Crippen molar-refractivity contribution in [1.82, 2.24) is 5.32 Å². The van der Waals surface area contributed by atoms with Crippen LogP contribution < -0.4 is 9.62 Å². The van der Waals surface area contributed by atoms with Crippen molar-refractivity contribution < 1.29 is 13.2 Å². The Morgan fingerprint density at radius 3 is 2.31 bits per heavy atom. The molecule has 0 fully saturated rings. The molecule has 0 heterocycles. The highest BCUT2D eigenvalue weighted by Gasteiger charge is 2.24. The van der Waals surface area contributed by atoms with Crippen LogP contribution in [0.1, 0.15) is 31.7 Å². The highest BCUT2D eigenvalue weighted by molar-refractivity contribution is 7.92. The quantitative estimate of drug-likeness (QED) is 0.683. The van der Waals surface area contributed by atoms with Gasteiger partial charge in [-0.15, -0.1) is 0 Å². The zero-order valence-electron chi connectivity index (χ0n) is 15.3. The molecule has 0 aliphatic rings. The van der Waals surface area contributed by atoms with Crippen LogP contribution in [0.25, 0.3) is 0 Å². The number of carbonyl (C=O) groups excluding carboxylic acids is 1. The van der Waals surface area contributed by atoms with Gasteiger partial charge in [-0.3, -0.25) is 9.10 Å². The van der Waals surface area contributed by atoms with Gasteiger partial charge >= 0.3 is 0 Å². The maximum absolute atomic E-state index is 13.1. The van der Waals surface area contributed by atoms with Gasteiger partial charge in [-0.25, -0.2) is 8.42 Å². The highest BCUT2D eigenvalue weighted by atomic mass is 32.2. The molecule has 140 valence electrons. The van der Waals surface area contributed by atoms with Crippen molar-refractivity contribution >= 4 is 21.6 Å². The van der Waals surface area contributed by atoms with Gasteiger partial charge in [0.05, 0.1) is 10.6 Å². The van der Waals surface area contributed by atoms with Crippen molar-refractivity contribution in [3.63, 3.8) is 0 Å². The Morgan fingerprint density at radius 1 is 1.04 bits per heavy atom. The van der Waals surface area contributed by atoms with Gasteiger partial charge in [0.2, 0.25) is 5.91 Å². The van der Waals surface area contributed by atoms with Crippen LogP contribution in [0.3, 0.4) is 0 Å². The first-order chi connectivity index (χ1) is 12.4. The Balaban J connectivity index is 2.16. The smallest absolute Gasteiger partial charge is 0.264 e. The molecule has 0 radical (unpaired) electrons. The molecule has 1 amide bonds. The second kappa shape index (κ2) is 9.38. The SMILES string of the molecule is CCCC(=O)NCCCN(c1ccccc1)S(=O)(=O)c1ccc(C)cc1. The predicted octanol–water partition coefficient (Wildman–Crippen LogP) is 3.50. The molecule has 0 aliphatic carbocycles. The third-order valence-electron chi connectivity index (χ3n) is 3.99. The van der Waals surface area contributed by atoms with E-state index in [1.54, 1.807) is 36.4 Å². The van der Waals surface area contributed by atoms with Crippen LogP contribution in [-0.2, 0) is 14.8 Å². The van der Waals surface area contributed by atoms with Crippen molar-refractivity contribution in [2.75, 3.05) is 17.4 Å². The number of anilines is 1. The monoisotopic (exact) mass is 374 g/mol. The number of hydrogen-bond donors (Lipinski definition) is 1. The van der Waals surface area contributed by atoms with E-state index in [9.17, 15) is 13.2 Å². The van der Waals surface area contributed by atoms with Crippen molar-refractivity contribution in [2.45, 2.75) is 38.0 Å². The van der Waals surface area contributed by atoms with Gasteiger partial charge in [0.15, 0.2) is 0 Å². The number of nitrogens with zero attached hydrogens (tertiary/aromatic N) is 1. The van der Waals surface area contributed by atoms with Crippen LogP contribution in [0.5, 0.6) is 0 Å². The van der Waals surface area contributed by atoms with E-state index in [4.69, 9.17) is 0 Å². The molecule has 0 atom stereocenters. The minimum absolute atomic E-state index is 0.000142. The van der Waals surface area contributed by atoms with Crippen LogP contribution in [-0.4, -0.2) is 27.4 Å². The van der Waals surface area contributed by atoms with Crippen LogP contribution >= 0.6 is 0 Å². The molecule has 0 aromatic heterocycles. The van der Waals surface area contributed by atoms with Gasteiger partial charge in [0.25, 0.3) is 10.0 Å². The van der Waals surface area contributed by atoms with Gasteiger partial charge in [0.1, 0.15) is 0 Å². The van der Waals surface area contributed by atoms with E-state index < -0.39 is 10.0 Å². The van der Waals surface area contributed by atoms with Gasteiger partial charge in [0, 0.05) is 19.5 Å². The average Bonchev–Trinajstić information content (AvgIpc) is 2.63. The number of carbonyl (C=O) groups is 1. The van der Waals surface area contributed by atoms with Crippen molar-refractivity contribution in [2.24, 2.45) is 0 Å². The topological polar surface area (TPSA) is 66.5 Å². The van der Waals surface area contributed by atoms with Gasteiger partial charge in [-0.1, -0.05) is 42.8 Å². The number of hydrogen-bond acceptors (Lipinski definition) is 3. The number of aryl methyl sites for hydroxylation is 1. The van der Waals surface area contributed by atoms with Gasteiger partial charge in [-0.2, -0.15) is 0 Å². The van der Waals surface area contributed by atoms with Crippen LogP contribution in [0.4, 0.5) is 5.69 Å². The lowest BCUT2D eigenvalue weighted by molar-refractivity contribution is -0.121. The number of rotatable bonds is 9. The first-order valence-electron chi connectivity index (χ1n) is 8.86. The Labute approximate surface area is 156 Å². The molecule has 1 N–H and O–H groups in total. The third kappa shape index (κ3) is 5.33. The van der Waals surface area contributed by atoms with E-state index in [0.717, 1.165) is 12.0 Å². The molecular weight excluding hydrogens is 348 g/mol. The summed E-state index contributed by atoms with van der Waals surface area (Å²) in [5.74, 6) is 0.000142.